The summed E-state index contributed by atoms with van der Waals surface area (Å²) in [6.07, 6.45) is 6.42. The van der Waals surface area contributed by atoms with E-state index in [0.29, 0.717) is 0 Å². The molecule has 1 N–H and O–H groups in total. The van der Waals surface area contributed by atoms with E-state index in [1.165, 1.54) is 43.2 Å². The normalized spacial score (nSPS) is 11.8. The van der Waals surface area contributed by atoms with Gasteiger partial charge in [0.1, 0.15) is 0 Å². The summed E-state index contributed by atoms with van der Waals surface area (Å²) in [7, 11) is 1.75. The summed E-state index contributed by atoms with van der Waals surface area (Å²) in [5.41, 5.74) is 3.16. The fraction of sp³-hybridized carbons (Fsp3) is 0.684. The zero-order valence-corrected chi connectivity index (χ0v) is 14.4. The second-order valence-corrected chi connectivity index (χ2v) is 6.85. The minimum absolute atomic E-state index is 0.258. The van der Waals surface area contributed by atoms with Crippen molar-refractivity contribution >= 4 is 0 Å². The van der Waals surface area contributed by atoms with Crippen LogP contribution in [-0.2, 0) is 16.6 Å². The van der Waals surface area contributed by atoms with Crippen LogP contribution in [0.5, 0.6) is 0 Å². The molecule has 0 amide bonds. The Morgan fingerprint density at radius 3 is 2.19 bits per heavy atom. The van der Waals surface area contributed by atoms with Gasteiger partial charge >= 0.3 is 0 Å². The van der Waals surface area contributed by atoms with Crippen LogP contribution in [0.25, 0.3) is 0 Å². The summed E-state index contributed by atoms with van der Waals surface area (Å²) in [4.78, 5) is 0. The molecule has 0 atom stereocenters. The third kappa shape index (κ3) is 8.23. The van der Waals surface area contributed by atoms with Crippen molar-refractivity contribution in [3.63, 3.8) is 0 Å². The largest absolute Gasteiger partial charge is 0.383 e. The van der Waals surface area contributed by atoms with E-state index in [1.54, 1.807) is 7.11 Å². The number of methoxy groups -OCH3 is 1. The summed E-state index contributed by atoms with van der Waals surface area (Å²) in [6.45, 7) is 9.69. The number of hydrogen-bond donors (Lipinski definition) is 1. The lowest BCUT2D eigenvalue weighted by Gasteiger charge is -2.19. The zero-order chi connectivity index (χ0) is 15.6. The van der Waals surface area contributed by atoms with Crippen molar-refractivity contribution in [3.05, 3.63) is 35.4 Å². The summed E-state index contributed by atoms with van der Waals surface area (Å²) in [5, 5.41) is 3.39. The van der Waals surface area contributed by atoms with Crippen LogP contribution >= 0.6 is 0 Å². The molecule has 1 aromatic carbocycles. The summed E-state index contributed by atoms with van der Waals surface area (Å²) < 4.78 is 5.00. The molecule has 0 radical (unpaired) electrons. The molecular formula is C19H33NO. The van der Waals surface area contributed by atoms with Gasteiger partial charge in [0.2, 0.25) is 0 Å². The van der Waals surface area contributed by atoms with Crippen molar-refractivity contribution in [2.45, 2.75) is 58.3 Å². The van der Waals surface area contributed by atoms with Crippen LogP contribution in [0.3, 0.4) is 0 Å². The third-order valence-corrected chi connectivity index (χ3v) is 3.87. The average Bonchev–Trinajstić information content (AvgIpc) is 2.45. The number of hydrogen-bond acceptors (Lipinski definition) is 2. The lowest BCUT2D eigenvalue weighted by molar-refractivity contribution is 0.199. The molecule has 1 aromatic rings. The Morgan fingerprint density at radius 1 is 0.905 bits per heavy atom. The predicted molar refractivity (Wildman–Crippen MR) is 92.1 cm³/mol. The van der Waals surface area contributed by atoms with Gasteiger partial charge in [0.05, 0.1) is 6.61 Å². The maximum Gasteiger partial charge on any atom is 0.0587 e. The van der Waals surface area contributed by atoms with Crippen LogP contribution in [-0.4, -0.2) is 26.8 Å². The summed E-state index contributed by atoms with van der Waals surface area (Å²) in [5.74, 6) is 0. The molecule has 0 saturated carbocycles. The summed E-state index contributed by atoms with van der Waals surface area (Å²) in [6, 6.07) is 9.17. The Morgan fingerprint density at radius 2 is 1.57 bits per heavy atom. The molecule has 0 aromatic heterocycles. The molecule has 0 unspecified atom stereocenters. The van der Waals surface area contributed by atoms with E-state index in [0.717, 1.165) is 19.7 Å². The van der Waals surface area contributed by atoms with E-state index in [1.807, 2.05) is 0 Å². The van der Waals surface area contributed by atoms with Crippen molar-refractivity contribution in [2.75, 3.05) is 26.8 Å². The van der Waals surface area contributed by atoms with Gasteiger partial charge in [-0.2, -0.15) is 0 Å². The molecule has 2 heteroatoms. The number of ether oxygens (including phenoxy) is 1. The van der Waals surface area contributed by atoms with Gasteiger partial charge in [-0.25, -0.2) is 0 Å². The molecule has 2 nitrogen and oxygen atoms in total. The molecule has 21 heavy (non-hydrogen) atoms. The Balaban J connectivity index is 2.08. The van der Waals surface area contributed by atoms with Crippen LogP contribution in [0.1, 0.15) is 57.6 Å². The van der Waals surface area contributed by atoms with Gasteiger partial charge in [0, 0.05) is 13.7 Å². The third-order valence-electron chi connectivity index (χ3n) is 3.87. The molecule has 0 spiro atoms. The molecule has 1 rings (SSSR count). The van der Waals surface area contributed by atoms with Crippen molar-refractivity contribution in [2.24, 2.45) is 0 Å². The van der Waals surface area contributed by atoms with Crippen molar-refractivity contribution in [1.82, 2.24) is 5.32 Å². The lowest BCUT2D eigenvalue weighted by Crippen LogP contribution is -2.20. The molecule has 120 valence electrons. The van der Waals surface area contributed by atoms with E-state index in [9.17, 15) is 0 Å². The van der Waals surface area contributed by atoms with Crippen molar-refractivity contribution in [1.29, 1.82) is 0 Å². The molecule has 0 aliphatic carbocycles. The van der Waals surface area contributed by atoms with Gasteiger partial charge in [0.25, 0.3) is 0 Å². The predicted octanol–water partition coefficient (Wildman–Crippen LogP) is 4.32. The van der Waals surface area contributed by atoms with Crippen LogP contribution in [0.15, 0.2) is 24.3 Å². The van der Waals surface area contributed by atoms with Crippen LogP contribution in [0.4, 0.5) is 0 Å². The Bertz CT molecular complexity index is 364. The minimum atomic E-state index is 0.258. The highest BCUT2D eigenvalue weighted by Gasteiger charge is 2.12. The van der Waals surface area contributed by atoms with Crippen LogP contribution in [0, 0.1) is 0 Å². The van der Waals surface area contributed by atoms with Gasteiger partial charge in [-0.1, -0.05) is 57.9 Å². The van der Waals surface area contributed by atoms with Crippen molar-refractivity contribution in [3.8, 4) is 0 Å². The molecule has 0 saturated heterocycles. The number of unbranched alkanes of at least 4 members (excludes halogenated alkanes) is 3. The molecule has 0 bridgehead atoms. The second-order valence-electron chi connectivity index (χ2n) is 6.85. The Kier molecular flexibility index (Phi) is 8.63. The molecule has 0 aliphatic heterocycles. The van der Waals surface area contributed by atoms with E-state index >= 15 is 0 Å². The number of rotatable bonds is 10. The standard InChI is InChI=1S/C19H33NO/c1-19(2,3)18-12-10-17(11-13-18)9-7-5-6-8-14-20-15-16-21-4/h10-13,20H,5-9,14-16H2,1-4H3. The monoisotopic (exact) mass is 291 g/mol. The van der Waals surface area contributed by atoms with E-state index in [-0.39, 0.29) is 5.41 Å². The topological polar surface area (TPSA) is 21.3 Å². The molecular weight excluding hydrogens is 258 g/mol. The maximum atomic E-state index is 5.00. The van der Waals surface area contributed by atoms with Gasteiger partial charge in [-0.05, 0) is 42.3 Å². The minimum Gasteiger partial charge on any atom is -0.383 e. The Labute approximate surface area is 131 Å². The number of nitrogens with one attached hydrogen (secondary N) is 1. The SMILES string of the molecule is COCCNCCCCCCc1ccc(C(C)(C)C)cc1. The number of aryl methyl sites for hydroxylation is 1. The highest BCUT2D eigenvalue weighted by molar-refractivity contribution is 5.27. The molecule has 0 heterocycles. The first kappa shape index (κ1) is 18.2. The maximum absolute atomic E-state index is 5.00. The lowest BCUT2D eigenvalue weighted by atomic mass is 9.86. The smallest absolute Gasteiger partial charge is 0.0587 e. The first-order valence-electron chi connectivity index (χ1n) is 8.33. The quantitative estimate of drug-likeness (QED) is 0.648. The van der Waals surface area contributed by atoms with E-state index < -0.39 is 0 Å². The zero-order valence-electron chi connectivity index (χ0n) is 14.4. The highest BCUT2D eigenvalue weighted by Crippen LogP contribution is 2.22. The van der Waals surface area contributed by atoms with E-state index in [2.05, 4.69) is 50.4 Å². The van der Waals surface area contributed by atoms with Crippen LogP contribution in [0.2, 0.25) is 0 Å². The average molecular weight is 291 g/mol. The molecule has 0 aliphatic rings. The van der Waals surface area contributed by atoms with Gasteiger partial charge in [-0.15, -0.1) is 0 Å². The Hall–Kier alpha value is -0.860. The second kappa shape index (κ2) is 9.97. The first-order valence-corrected chi connectivity index (χ1v) is 8.33. The van der Waals surface area contributed by atoms with Gasteiger partial charge in [-0.3, -0.25) is 0 Å². The van der Waals surface area contributed by atoms with E-state index in [4.69, 9.17) is 4.74 Å². The van der Waals surface area contributed by atoms with Gasteiger partial charge in [0.15, 0.2) is 0 Å². The first-order chi connectivity index (χ1) is 10.0. The van der Waals surface area contributed by atoms with Crippen molar-refractivity contribution < 1.29 is 4.74 Å². The molecule has 0 fully saturated rings. The highest BCUT2D eigenvalue weighted by atomic mass is 16.5. The number of benzene rings is 1. The van der Waals surface area contributed by atoms with Gasteiger partial charge < -0.3 is 10.1 Å². The fourth-order valence-corrected chi connectivity index (χ4v) is 2.40. The fourth-order valence-electron chi connectivity index (χ4n) is 2.40. The van der Waals surface area contributed by atoms with Crippen LogP contribution < -0.4 is 5.32 Å². The summed E-state index contributed by atoms with van der Waals surface area (Å²) >= 11 is 0.